The zero-order valence-electron chi connectivity index (χ0n) is 21.1. The highest BCUT2D eigenvalue weighted by Crippen LogP contribution is 2.35. The Morgan fingerprint density at radius 1 is 1.21 bits per heavy atom. The van der Waals surface area contributed by atoms with Gasteiger partial charge in [0.05, 0.1) is 17.6 Å². The number of benzene rings is 1. The molecule has 2 saturated carbocycles. The van der Waals surface area contributed by atoms with Crippen molar-refractivity contribution < 1.29 is 27.5 Å². The third-order valence-electron chi connectivity index (χ3n) is 7.27. The predicted molar refractivity (Wildman–Crippen MR) is 132 cm³/mol. The first kappa shape index (κ1) is 26.2. The highest BCUT2D eigenvalue weighted by molar-refractivity contribution is 5.96. The minimum Gasteiger partial charge on any atom is -0.384 e. The van der Waals surface area contributed by atoms with Gasteiger partial charge in [0.15, 0.2) is 0 Å². The second-order valence-electron chi connectivity index (χ2n) is 10.3. The topological polar surface area (TPSA) is 115 Å². The molecule has 1 saturated heterocycles. The van der Waals surface area contributed by atoms with Crippen LogP contribution in [-0.2, 0) is 17.5 Å². The molecule has 0 unspecified atom stereocenters. The first-order chi connectivity index (χ1) is 18.1. The number of aromatic nitrogens is 2. The smallest absolute Gasteiger partial charge is 0.384 e. The van der Waals surface area contributed by atoms with Crippen LogP contribution in [0.1, 0.15) is 70.6 Å². The minimum atomic E-state index is -4.53. The molecule has 2 atom stereocenters. The number of hydrazone groups is 1. The van der Waals surface area contributed by atoms with E-state index in [1.54, 1.807) is 18.2 Å². The van der Waals surface area contributed by atoms with E-state index in [1.165, 1.54) is 12.1 Å². The van der Waals surface area contributed by atoms with Crippen LogP contribution in [0.2, 0.25) is 0 Å². The number of aryl methyl sites for hydroxylation is 1. The van der Waals surface area contributed by atoms with Crippen LogP contribution in [0.5, 0.6) is 0 Å². The van der Waals surface area contributed by atoms with Gasteiger partial charge in [-0.1, -0.05) is 6.07 Å². The standard InChI is InChI=1S/C26H31F3N6O3/c1-15-22(34(14-31-15)13-16-5-6-16)24(36)33-32-23(30)21-12-20(9-10-38-21)35(19-7-8-19)25(37)17-3-2-4-18(11-17)26(27,28)29/h2-4,11,14,16,19-21H,5-10,12-13H2,1H3,(H2,30,32)(H,33,36)/t20-,21+/m0/s1. The number of nitrogens with one attached hydrogen (secondary N) is 1. The monoisotopic (exact) mass is 532 g/mol. The molecule has 204 valence electrons. The molecule has 9 nitrogen and oxygen atoms in total. The molecule has 3 N–H and O–H groups in total. The van der Waals surface area contributed by atoms with Crippen LogP contribution in [0.4, 0.5) is 13.2 Å². The van der Waals surface area contributed by atoms with Crippen LogP contribution in [0.15, 0.2) is 35.7 Å². The van der Waals surface area contributed by atoms with Gasteiger partial charge in [-0.05, 0) is 63.1 Å². The number of amidine groups is 1. The van der Waals surface area contributed by atoms with Gasteiger partial charge in [0, 0.05) is 37.2 Å². The zero-order valence-corrected chi connectivity index (χ0v) is 21.1. The molecule has 0 radical (unpaired) electrons. The van der Waals surface area contributed by atoms with Crippen molar-refractivity contribution in [1.29, 1.82) is 0 Å². The van der Waals surface area contributed by atoms with E-state index < -0.39 is 29.7 Å². The average Bonchev–Trinajstić information content (AvgIpc) is 3.83. The summed E-state index contributed by atoms with van der Waals surface area (Å²) in [5, 5.41) is 4.08. The van der Waals surface area contributed by atoms with Crippen LogP contribution in [0.25, 0.3) is 0 Å². The van der Waals surface area contributed by atoms with E-state index in [0.717, 1.165) is 44.4 Å². The number of amides is 2. The number of carbonyl (C=O) groups is 2. The van der Waals surface area contributed by atoms with Crippen molar-refractivity contribution in [3.63, 3.8) is 0 Å². The molecule has 3 fully saturated rings. The fourth-order valence-corrected chi connectivity index (χ4v) is 4.93. The lowest BCUT2D eigenvalue weighted by atomic mass is 9.99. The Morgan fingerprint density at radius 2 is 1.97 bits per heavy atom. The molecule has 2 aliphatic carbocycles. The molecule has 0 bridgehead atoms. The summed E-state index contributed by atoms with van der Waals surface area (Å²) in [6, 6.07) is 4.19. The lowest BCUT2D eigenvalue weighted by molar-refractivity contribution is -0.137. The van der Waals surface area contributed by atoms with E-state index in [1.807, 2.05) is 4.57 Å². The van der Waals surface area contributed by atoms with E-state index in [4.69, 9.17) is 10.5 Å². The van der Waals surface area contributed by atoms with Crippen molar-refractivity contribution in [3.05, 3.63) is 53.1 Å². The number of ether oxygens (including phenoxy) is 1. The number of carbonyl (C=O) groups excluding carboxylic acids is 2. The first-order valence-corrected chi connectivity index (χ1v) is 12.9. The van der Waals surface area contributed by atoms with Gasteiger partial charge < -0.3 is 19.9 Å². The number of hydrogen-bond acceptors (Lipinski definition) is 5. The summed E-state index contributed by atoms with van der Waals surface area (Å²) in [7, 11) is 0. The summed E-state index contributed by atoms with van der Waals surface area (Å²) in [5.74, 6) is -0.233. The number of rotatable bonds is 8. The Kier molecular flexibility index (Phi) is 7.17. The molecule has 2 amide bonds. The average molecular weight is 533 g/mol. The maximum Gasteiger partial charge on any atom is 0.416 e. The van der Waals surface area contributed by atoms with Gasteiger partial charge in [-0.25, -0.2) is 10.4 Å². The SMILES string of the molecule is Cc1ncn(CC2CC2)c1C(=O)NN=C(N)[C@H]1C[C@@H](N(C(=O)c2cccc(C(F)(F)F)c2)C2CC2)CCO1. The minimum absolute atomic E-state index is 0.00171. The van der Waals surface area contributed by atoms with Crippen LogP contribution < -0.4 is 11.2 Å². The maximum atomic E-state index is 13.4. The van der Waals surface area contributed by atoms with E-state index >= 15 is 0 Å². The first-order valence-electron chi connectivity index (χ1n) is 12.9. The van der Waals surface area contributed by atoms with Gasteiger partial charge in [-0.3, -0.25) is 9.59 Å². The molecule has 12 heteroatoms. The Morgan fingerprint density at radius 3 is 2.66 bits per heavy atom. The number of nitrogens with two attached hydrogens (primary N) is 1. The van der Waals surface area contributed by atoms with Crippen LogP contribution in [0.3, 0.4) is 0 Å². The summed E-state index contributed by atoms with van der Waals surface area (Å²) in [6.45, 7) is 2.78. The van der Waals surface area contributed by atoms with E-state index in [0.29, 0.717) is 36.8 Å². The molecule has 1 aromatic carbocycles. The van der Waals surface area contributed by atoms with Gasteiger partial charge in [0.25, 0.3) is 11.8 Å². The summed E-state index contributed by atoms with van der Waals surface area (Å²) < 4.78 is 47.3. The lowest BCUT2D eigenvalue weighted by Crippen LogP contribution is -2.50. The fourth-order valence-electron chi connectivity index (χ4n) is 4.93. The second kappa shape index (κ2) is 10.4. The number of hydrogen-bond donors (Lipinski definition) is 2. The summed E-state index contributed by atoms with van der Waals surface area (Å²) in [5.41, 5.74) is 8.86. The van der Waals surface area contributed by atoms with Crippen molar-refractivity contribution in [2.45, 2.75) is 76.4 Å². The van der Waals surface area contributed by atoms with Gasteiger partial charge in [-0.15, -0.1) is 0 Å². The van der Waals surface area contributed by atoms with Crippen molar-refractivity contribution in [2.24, 2.45) is 16.8 Å². The molecule has 5 rings (SSSR count). The molecule has 2 heterocycles. The Hall–Kier alpha value is -3.41. The third kappa shape index (κ3) is 5.85. The Bertz CT molecular complexity index is 1240. The maximum absolute atomic E-state index is 13.4. The number of alkyl halides is 3. The number of halogens is 3. The van der Waals surface area contributed by atoms with Gasteiger partial charge >= 0.3 is 6.18 Å². The predicted octanol–water partition coefficient (Wildman–Crippen LogP) is 3.47. The fraction of sp³-hybridized carbons (Fsp3) is 0.538. The van der Waals surface area contributed by atoms with E-state index in [-0.39, 0.29) is 23.5 Å². The quantitative estimate of drug-likeness (QED) is 0.307. The molecule has 3 aliphatic rings. The van der Waals surface area contributed by atoms with Gasteiger partial charge in [0.1, 0.15) is 17.6 Å². The van der Waals surface area contributed by atoms with Gasteiger partial charge in [-0.2, -0.15) is 18.3 Å². The molecule has 2 aromatic rings. The number of nitrogens with zero attached hydrogens (tertiary/aromatic N) is 4. The van der Waals surface area contributed by atoms with Crippen molar-refractivity contribution in [2.75, 3.05) is 6.61 Å². The molecular formula is C26H31F3N6O3. The molecule has 0 spiro atoms. The molecule has 1 aliphatic heterocycles. The summed E-state index contributed by atoms with van der Waals surface area (Å²) in [4.78, 5) is 32.1. The number of imidazole rings is 1. The molecular weight excluding hydrogens is 501 g/mol. The summed E-state index contributed by atoms with van der Waals surface area (Å²) >= 11 is 0. The van der Waals surface area contributed by atoms with Crippen molar-refractivity contribution in [1.82, 2.24) is 19.9 Å². The highest BCUT2D eigenvalue weighted by atomic mass is 19.4. The normalized spacial score (nSPS) is 22.3. The third-order valence-corrected chi connectivity index (χ3v) is 7.27. The highest BCUT2D eigenvalue weighted by Gasteiger charge is 2.41. The largest absolute Gasteiger partial charge is 0.416 e. The lowest BCUT2D eigenvalue weighted by Gasteiger charge is -2.37. The Labute approximate surface area is 218 Å². The van der Waals surface area contributed by atoms with Crippen LogP contribution in [-0.4, -0.2) is 56.9 Å². The summed E-state index contributed by atoms with van der Waals surface area (Å²) in [6.07, 6.45) is 1.17. The second-order valence-corrected chi connectivity index (χ2v) is 10.3. The Balaban J connectivity index is 1.27. The molecule has 1 aromatic heterocycles. The van der Waals surface area contributed by atoms with Crippen molar-refractivity contribution in [3.8, 4) is 0 Å². The van der Waals surface area contributed by atoms with E-state index in [2.05, 4.69) is 15.5 Å². The zero-order chi connectivity index (χ0) is 27.0. The van der Waals surface area contributed by atoms with Gasteiger partial charge in [0.2, 0.25) is 0 Å². The van der Waals surface area contributed by atoms with E-state index in [9.17, 15) is 22.8 Å². The molecule has 38 heavy (non-hydrogen) atoms. The van der Waals surface area contributed by atoms with Crippen LogP contribution >= 0.6 is 0 Å². The van der Waals surface area contributed by atoms with Crippen molar-refractivity contribution >= 4 is 17.6 Å². The van der Waals surface area contributed by atoms with Crippen LogP contribution in [0, 0.1) is 12.8 Å².